The highest BCUT2D eigenvalue weighted by atomic mass is 79.9. The smallest absolute Gasteiger partial charge is 0.120 e. The lowest BCUT2D eigenvalue weighted by molar-refractivity contribution is 0.121. The van der Waals surface area contributed by atoms with Gasteiger partial charge in [0.1, 0.15) is 5.75 Å². The van der Waals surface area contributed by atoms with E-state index in [4.69, 9.17) is 4.74 Å². The molecule has 102 valence electrons. The summed E-state index contributed by atoms with van der Waals surface area (Å²) in [6.45, 7) is 2.46. The third-order valence-electron chi connectivity index (χ3n) is 2.80. The molecular formula is C13H20BrNO3. The average Bonchev–Trinajstić information content (AvgIpc) is 2.37. The fraction of sp³-hybridized carbons (Fsp3) is 0.538. The van der Waals surface area contributed by atoms with Crippen molar-refractivity contribution < 1.29 is 14.9 Å². The van der Waals surface area contributed by atoms with Crippen LogP contribution in [0.1, 0.15) is 24.9 Å². The van der Waals surface area contributed by atoms with E-state index in [1.165, 1.54) is 0 Å². The summed E-state index contributed by atoms with van der Waals surface area (Å²) < 4.78 is 5.96. The molecule has 0 heterocycles. The van der Waals surface area contributed by atoms with Gasteiger partial charge in [-0.25, -0.2) is 0 Å². The summed E-state index contributed by atoms with van der Waals surface area (Å²) in [4.78, 5) is 0. The van der Waals surface area contributed by atoms with Crippen LogP contribution in [0.5, 0.6) is 5.75 Å². The van der Waals surface area contributed by atoms with Crippen LogP contribution >= 0.6 is 15.9 Å². The first-order chi connectivity index (χ1) is 8.62. The van der Waals surface area contributed by atoms with E-state index in [2.05, 4.69) is 21.2 Å². The molecule has 0 aliphatic carbocycles. The van der Waals surface area contributed by atoms with Crippen LogP contribution in [-0.4, -0.2) is 36.6 Å². The topological polar surface area (TPSA) is 61.7 Å². The number of aromatic hydroxyl groups is 1. The monoisotopic (exact) mass is 317 g/mol. The normalized spacial score (nSPS) is 14.4. The van der Waals surface area contributed by atoms with Gasteiger partial charge in [0.2, 0.25) is 0 Å². The van der Waals surface area contributed by atoms with E-state index < -0.39 is 0 Å². The van der Waals surface area contributed by atoms with E-state index in [1.54, 1.807) is 19.2 Å². The molecule has 0 aliphatic rings. The Morgan fingerprint density at radius 3 is 2.72 bits per heavy atom. The van der Waals surface area contributed by atoms with Crippen molar-refractivity contribution in [3.05, 3.63) is 28.2 Å². The number of aliphatic hydroxyl groups is 1. The second-order valence-corrected chi connectivity index (χ2v) is 5.08. The predicted molar refractivity (Wildman–Crippen MR) is 74.7 cm³/mol. The van der Waals surface area contributed by atoms with Gasteiger partial charge in [0.05, 0.1) is 19.3 Å². The standard InChI is InChI=1S/C13H20BrNO3/c1-3-12(15-10(7-16)8-18-2)11-6-9(14)4-5-13(11)17/h4-6,10,12,15-17H,3,7-8H2,1-2H3. The molecule has 0 spiro atoms. The summed E-state index contributed by atoms with van der Waals surface area (Å²) in [6.07, 6.45) is 0.810. The van der Waals surface area contributed by atoms with Gasteiger partial charge in [0, 0.05) is 23.2 Å². The van der Waals surface area contributed by atoms with Gasteiger partial charge >= 0.3 is 0 Å². The number of nitrogens with one attached hydrogen (secondary N) is 1. The number of hydrogen-bond donors (Lipinski definition) is 3. The number of phenols is 1. The van der Waals surface area contributed by atoms with Crippen LogP contribution in [0.15, 0.2) is 22.7 Å². The Labute approximate surface area is 116 Å². The maximum absolute atomic E-state index is 9.90. The van der Waals surface area contributed by atoms with E-state index in [9.17, 15) is 10.2 Å². The number of methoxy groups -OCH3 is 1. The molecule has 0 aliphatic heterocycles. The number of halogens is 1. The Kier molecular flexibility index (Phi) is 6.63. The van der Waals surface area contributed by atoms with Gasteiger partial charge in [0.15, 0.2) is 0 Å². The molecule has 0 aromatic heterocycles. The number of hydrogen-bond acceptors (Lipinski definition) is 4. The largest absolute Gasteiger partial charge is 0.508 e. The SMILES string of the molecule is CCC(NC(CO)COC)c1cc(Br)ccc1O. The highest BCUT2D eigenvalue weighted by Gasteiger charge is 2.18. The number of benzene rings is 1. The van der Waals surface area contributed by atoms with Crippen molar-refractivity contribution in [1.82, 2.24) is 5.32 Å². The number of rotatable bonds is 7. The molecule has 2 atom stereocenters. The molecule has 0 radical (unpaired) electrons. The molecule has 0 bridgehead atoms. The Bertz CT molecular complexity index is 373. The van der Waals surface area contributed by atoms with Crippen molar-refractivity contribution >= 4 is 15.9 Å². The number of ether oxygens (including phenoxy) is 1. The minimum atomic E-state index is -0.140. The summed E-state index contributed by atoms with van der Waals surface area (Å²) in [6, 6.07) is 5.18. The number of aliphatic hydroxyl groups excluding tert-OH is 1. The summed E-state index contributed by atoms with van der Waals surface area (Å²) in [5.41, 5.74) is 0.821. The van der Waals surface area contributed by atoms with E-state index in [0.717, 1.165) is 16.5 Å². The highest BCUT2D eigenvalue weighted by molar-refractivity contribution is 9.10. The van der Waals surface area contributed by atoms with Gasteiger partial charge in [-0.15, -0.1) is 0 Å². The van der Waals surface area contributed by atoms with Crippen molar-refractivity contribution in [3.63, 3.8) is 0 Å². The molecule has 1 aromatic carbocycles. The Hall–Kier alpha value is -0.620. The van der Waals surface area contributed by atoms with E-state index in [1.807, 2.05) is 13.0 Å². The van der Waals surface area contributed by atoms with E-state index >= 15 is 0 Å². The Morgan fingerprint density at radius 1 is 1.44 bits per heavy atom. The average molecular weight is 318 g/mol. The Balaban J connectivity index is 2.84. The highest BCUT2D eigenvalue weighted by Crippen LogP contribution is 2.29. The van der Waals surface area contributed by atoms with Gasteiger partial charge in [-0.3, -0.25) is 0 Å². The summed E-state index contributed by atoms with van der Waals surface area (Å²) in [5, 5.41) is 22.4. The maximum Gasteiger partial charge on any atom is 0.120 e. The molecule has 1 rings (SSSR count). The molecule has 0 fully saturated rings. The minimum absolute atomic E-state index is 0.000888. The molecular weight excluding hydrogens is 298 g/mol. The van der Waals surface area contributed by atoms with E-state index in [0.29, 0.717) is 6.61 Å². The van der Waals surface area contributed by atoms with Gasteiger partial charge < -0.3 is 20.3 Å². The second-order valence-electron chi connectivity index (χ2n) is 4.17. The van der Waals surface area contributed by atoms with Crippen LogP contribution in [-0.2, 0) is 4.74 Å². The third-order valence-corrected chi connectivity index (χ3v) is 3.29. The zero-order valence-corrected chi connectivity index (χ0v) is 12.3. The van der Waals surface area contributed by atoms with Crippen LogP contribution in [0.4, 0.5) is 0 Å². The van der Waals surface area contributed by atoms with Crippen molar-refractivity contribution in [2.75, 3.05) is 20.3 Å². The molecule has 18 heavy (non-hydrogen) atoms. The van der Waals surface area contributed by atoms with Gasteiger partial charge in [0.25, 0.3) is 0 Å². The zero-order valence-electron chi connectivity index (χ0n) is 10.7. The van der Waals surface area contributed by atoms with Crippen LogP contribution in [0.3, 0.4) is 0 Å². The molecule has 0 saturated heterocycles. The quantitative estimate of drug-likeness (QED) is 0.721. The van der Waals surface area contributed by atoms with E-state index in [-0.39, 0.29) is 24.4 Å². The van der Waals surface area contributed by atoms with Crippen molar-refractivity contribution in [2.45, 2.75) is 25.4 Å². The first kappa shape index (κ1) is 15.4. The first-order valence-electron chi connectivity index (χ1n) is 5.96. The Morgan fingerprint density at radius 2 is 2.17 bits per heavy atom. The van der Waals surface area contributed by atoms with Gasteiger partial charge in [-0.2, -0.15) is 0 Å². The molecule has 5 heteroatoms. The van der Waals surface area contributed by atoms with Crippen molar-refractivity contribution in [1.29, 1.82) is 0 Å². The lowest BCUT2D eigenvalue weighted by atomic mass is 10.0. The molecule has 1 aromatic rings. The fourth-order valence-corrected chi connectivity index (χ4v) is 2.25. The first-order valence-corrected chi connectivity index (χ1v) is 6.75. The summed E-state index contributed by atoms with van der Waals surface area (Å²) in [5.74, 6) is 0.256. The molecule has 0 saturated carbocycles. The van der Waals surface area contributed by atoms with Crippen LogP contribution in [0, 0.1) is 0 Å². The molecule has 3 N–H and O–H groups in total. The van der Waals surface area contributed by atoms with Crippen LogP contribution in [0.25, 0.3) is 0 Å². The number of phenolic OH excluding ortho intramolecular Hbond substituents is 1. The van der Waals surface area contributed by atoms with Crippen molar-refractivity contribution in [2.24, 2.45) is 0 Å². The van der Waals surface area contributed by atoms with Gasteiger partial charge in [-0.05, 0) is 24.6 Å². The molecule has 0 amide bonds. The molecule has 4 nitrogen and oxygen atoms in total. The summed E-state index contributed by atoms with van der Waals surface area (Å²) >= 11 is 3.39. The minimum Gasteiger partial charge on any atom is -0.508 e. The van der Waals surface area contributed by atoms with Crippen molar-refractivity contribution in [3.8, 4) is 5.75 Å². The fourth-order valence-electron chi connectivity index (χ4n) is 1.87. The summed E-state index contributed by atoms with van der Waals surface area (Å²) in [7, 11) is 1.60. The maximum atomic E-state index is 9.90. The van der Waals surface area contributed by atoms with Crippen LogP contribution in [0.2, 0.25) is 0 Å². The zero-order chi connectivity index (χ0) is 13.5. The molecule has 2 unspecified atom stereocenters. The second kappa shape index (κ2) is 7.74. The van der Waals surface area contributed by atoms with Gasteiger partial charge in [-0.1, -0.05) is 22.9 Å². The lowest BCUT2D eigenvalue weighted by Gasteiger charge is -2.24. The third kappa shape index (κ3) is 4.24. The predicted octanol–water partition coefficient (Wildman–Crippen LogP) is 2.20. The lowest BCUT2D eigenvalue weighted by Crippen LogP contribution is -2.38. The van der Waals surface area contributed by atoms with Crippen LogP contribution < -0.4 is 5.32 Å².